The minimum absolute atomic E-state index is 0.0512. The summed E-state index contributed by atoms with van der Waals surface area (Å²) in [5, 5.41) is 10.2. The predicted molar refractivity (Wildman–Crippen MR) is 158 cm³/mol. The highest BCUT2D eigenvalue weighted by Gasteiger charge is 2.31. The molecule has 44 heavy (non-hydrogen) atoms. The Bertz CT molecular complexity index is 1350. The second-order valence-corrected chi connectivity index (χ2v) is 10.4. The van der Waals surface area contributed by atoms with Gasteiger partial charge >= 0.3 is 18.2 Å². The molecule has 0 heterocycles. The highest BCUT2D eigenvalue weighted by molar-refractivity contribution is 6.34. The summed E-state index contributed by atoms with van der Waals surface area (Å²) in [4.78, 5) is 25.6. The normalized spacial score (nSPS) is 12.0. The molecule has 1 amide bonds. The molecule has 3 rings (SSSR count). The molecule has 0 aliphatic heterocycles. The highest BCUT2D eigenvalue weighted by Crippen LogP contribution is 2.31. The molecule has 0 saturated heterocycles. The molecule has 0 aliphatic carbocycles. The maximum atomic E-state index is 13.1. The monoisotopic (exact) mass is 657 g/mol. The number of alkyl halides is 3. The lowest BCUT2D eigenvalue weighted by atomic mass is 10.1. The molecule has 0 aromatic heterocycles. The molecule has 1 N–H and O–H groups in total. The fourth-order valence-corrected chi connectivity index (χ4v) is 4.64. The van der Waals surface area contributed by atoms with Crippen LogP contribution in [-0.2, 0) is 33.5 Å². The maximum absolute atomic E-state index is 13.1. The van der Waals surface area contributed by atoms with Gasteiger partial charge < -0.3 is 29.0 Å². The van der Waals surface area contributed by atoms with Crippen LogP contribution in [0.1, 0.15) is 30.0 Å². The zero-order valence-electron chi connectivity index (χ0n) is 23.8. The van der Waals surface area contributed by atoms with Gasteiger partial charge in [-0.1, -0.05) is 41.4 Å². The minimum Gasteiger partial charge on any atom is -0.492 e. The molecule has 3 aromatic rings. The molecule has 0 radical (unpaired) electrons. The maximum Gasteiger partial charge on any atom is 0.416 e. The number of hydrogen-bond donors (Lipinski definition) is 1. The molecular formula is C31H32Cl2F3NO7. The van der Waals surface area contributed by atoms with Gasteiger partial charge in [-0.15, -0.1) is 0 Å². The van der Waals surface area contributed by atoms with E-state index in [2.05, 4.69) is 0 Å². The SMILES string of the molecule is CCOC(Cc1ccc(OCCN(CCCOCc2cc(Cl)cc(Cl)c2)C(=O)Oc2cccc(C(F)(F)F)c2)cc1)C(=O)O. The Morgan fingerprint density at radius 1 is 0.909 bits per heavy atom. The molecule has 8 nitrogen and oxygen atoms in total. The quantitative estimate of drug-likeness (QED) is 0.159. The largest absolute Gasteiger partial charge is 0.492 e. The zero-order chi connectivity index (χ0) is 32.1. The minimum atomic E-state index is -4.59. The number of aliphatic carboxylic acids is 1. The standard InChI is InChI=1S/C31H32Cl2F3NO7/c1-2-42-28(29(38)39)17-21-7-9-26(10-8-21)43-14-12-37(11-4-13-41-20-22-15-24(32)19-25(33)16-22)30(40)44-27-6-3-5-23(18-27)31(34,35)36/h3,5-10,15-16,18-19,28H,2,4,11-14,17,20H2,1H3,(H,38,39). The van der Waals surface area contributed by atoms with Gasteiger partial charge in [0, 0.05) is 36.2 Å². The van der Waals surface area contributed by atoms with Gasteiger partial charge in [-0.05, 0) is 73.0 Å². The highest BCUT2D eigenvalue weighted by atomic mass is 35.5. The molecule has 238 valence electrons. The Labute approximate surface area is 263 Å². The summed E-state index contributed by atoms with van der Waals surface area (Å²) in [6.45, 7) is 2.78. The van der Waals surface area contributed by atoms with Crippen LogP contribution in [0.3, 0.4) is 0 Å². The van der Waals surface area contributed by atoms with Crippen molar-refractivity contribution in [2.45, 2.75) is 38.7 Å². The number of benzene rings is 3. The van der Waals surface area contributed by atoms with Crippen LogP contribution >= 0.6 is 23.2 Å². The molecule has 1 unspecified atom stereocenters. The van der Waals surface area contributed by atoms with Crippen molar-refractivity contribution in [2.75, 3.05) is 32.9 Å². The van der Waals surface area contributed by atoms with E-state index in [-0.39, 0.29) is 51.7 Å². The predicted octanol–water partition coefficient (Wildman–Crippen LogP) is 7.53. The molecule has 13 heteroatoms. The van der Waals surface area contributed by atoms with Gasteiger partial charge in [0.1, 0.15) is 18.1 Å². The third-order valence-electron chi connectivity index (χ3n) is 6.15. The van der Waals surface area contributed by atoms with Gasteiger partial charge in [-0.2, -0.15) is 13.2 Å². The molecule has 3 aromatic carbocycles. The number of amides is 1. The van der Waals surface area contributed by atoms with Crippen LogP contribution in [0.2, 0.25) is 10.0 Å². The number of carboxylic acid groups (broad SMARTS) is 1. The van der Waals surface area contributed by atoms with Gasteiger partial charge in [-0.3, -0.25) is 0 Å². The van der Waals surface area contributed by atoms with Gasteiger partial charge in [-0.25, -0.2) is 9.59 Å². The first-order valence-corrected chi connectivity index (χ1v) is 14.4. The van der Waals surface area contributed by atoms with Crippen LogP contribution in [0.4, 0.5) is 18.0 Å². The molecule has 0 bridgehead atoms. The van der Waals surface area contributed by atoms with Crippen LogP contribution in [0.25, 0.3) is 0 Å². The van der Waals surface area contributed by atoms with Crippen molar-refractivity contribution in [1.82, 2.24) is 4.90 Å². The fourth-order valence-electron chi connectivity index (χ4n) is 4.07. The summed E-state index contributed by atoms with van der Waals surface area (Å²) in [5.74, 6) is -0.817. The number of carbonyl (C=O) groups is 2. The zero-order valence-corrected chi connectivity index (χ0v) is 25.3. The first-order chi connectivity index (χ1) is 20.9. The second kappa shape index (κ2) is 17.1. The Hall–Kier alpha value is -3.51. The lowest BCUT2D eigenvalue weighted by Crippen LogP contribution is -2.38. The smallest absolute Gasteiger partial charge is 0.416 e. The van der Waals surface area contributed by atoms with Crippen molar-refractivity contribution in [1.29, 1.82) is 0 Å². The first kappa shape index (κ1) is 35.0. The number of rotatable bonds is 16. The third kappa shape index (κ3) is 11.9. The van der Waals surface area contributed by atoms with Crippen molar-refractivity contribution >= 4 is 35.3 Å². The summed E-state index contributed by atoms with van der Waals surface area (Å²) < 4.78 is 61.3. The average molecular weight is 658 g/mol. The third-order valence-corrected chi connectivity index (χ3v) is 6.59. The van der Waals surface area contributed by atoms with E-state index in [0.29, 0.717) is 22.2 Å². The van der Waals surface area contributed by atoms with E-state index >= 15 is 0 Å². The summed E-state index contributed by atoms with van der Waals surface area (Å²) >= 11 is 12.0. The summed E-state index contributed by atoms with van der Waals surface area (Å²) in [7, 11) is 0. The van der Waals surface area contributed by atoms with Crippen LogP contribution in [0.5, 0.6) is 11.5 Å². The van der Waals surface area contributed by atoms with E-state index < -0.39 is 29.9 Å². The van der Waals surface area contributed by atoms with Crippen LogP contribution < -0.4 is 9.47 Å². The van der Waals surface area contributed by atoms with Crippen molar-refractivity contribution < 1.29 is 46.8 Å². The number of hydrogen-bond acceptors (Lipinski definition) is 6. The molecule has 1 atom stereocenters. The van der Waals surface area contributed by atoms with Crippen molar-refractivity contribution in [3.05, 3.63) is 93.5 Å². The van der Waals surface area contributed by atoms with Crippen LogP contribution in [0, 0.1) is 0 Å². The molecular weight excluding hydrogens is 626 g/mol. The van der Waals surface area contributed by atoms with Crippen molar-refractivity contribution in [3.8, 4) is 11.5 Å². The van der Waals surface area contributed by atoms with E-state index in [4.69, 9.17) is 42.1 Å². The Kier molecular flexibility index (Phi) is 13.6. The average Bonchev–Trinajstić information content (AvgIpc) is 2.95. The topological polar surface area (TPSA) is 94.5 Å². The fraction of sp³-hybridized carbons (Fsp3) is 0.355. The van der Waals surface area contributed by atoms with Crippen LogP contribution in [0.15, 0.2) is 66.7 Å². The summed E-state index contributed by atoms with van der Waals surface area (Å²) in [6, 6.07) is 15.9. The second-order valence-electron chi connectivity index (χ2n) is 9.54. The number of ether oxygens (including phenoxy) is 4. The van der Waals surface area contributed by atoms with Gasteiger partial charge in [0.15, 0.2) is 6.10 Å². The number of nitrogens with zero attached hydrogens (tertiary/aromatic N) is 1. The number of carbonyl (C=O) groups excluding carboxylic acids is 1. The first-order valence-electron chi connectivity index (χ1n) is 13.7. The Balaban J connectivity index is 1.58. The molecule has 0 fully saturated rings. The van der Waals surface area contributed by atoms with Gasteiger partial charge in [0.25, 0.3) is 0 Å². The van der Waals surface area contributed by atoms with Crippen molar-refractivity contribution in [2.24, 2.45) is 0 Å². The summed E-state index contributed by atoms with van der Waals surface area (Å²) in [5.41, 5.74) is 0.579. The van der Waals surface area contributed by atoms with E-state index in [1.54, 1.807) is 49.4 Å². The number of halogens is 5. The van der Waals surface area contributed by atoms with E-state index in [1.807, 2.05) is 0 Å². The lowest BCUT2D eigenvalue weighted by Gasteiger charge is -2.22. The molecule has 0 saturated carbocycles. The molecule has 0 aliphatic rings. The number of carboxylic acids is 1. The van der Waals surface area contributed by atoms with E-state index in [0.717, 1.165) is 29.3 Å². The van der Waals surface area contributed by atoms with Gasteiger partial charge in [0.2, 0.25) is 0 Å². The van der Waals surface area contributed by atoms with E-state index in [9.17, 15) is 27.9 Å². The Morgan fingerprint density at radius 2 is 1.61 bits per heavy atom. The molecule has 0 spiro atoms. The van der Waals surface area contributed by atoms with Crippen molar-refractivity contribution in [3.63, 3.8) is 0 Å². The van der Waals surface area contributed by atoms with E-state index in [1.165, 1.54) is 11.0 Å². The van der Waals surface area contributed by atoms with Gasteiger partial charge in [0.05, 0.1) is 18.7 Å². The van der Waals surface area contributed by atoms with Crippen LogP contribution in [-0.4, -0.2) is 61.1 Å². The Morgan fingerprint density at radius 3 is 2.25 bits per heavy atom. The lowest BCUT2D eigenvalue weighted by molar-refractivity contribution is -0.150. The summed E-state index contributed by atoms with van der Waals surface area (Å²) in [6.07, 6.45) is -5.82.